The largest absolute Gasteiger partial charge is 0.479 e. The smallest absolute Gasteiger partial charge is 0.202 e. The van der Waals surface area contributed by atoms with Crippen molar-refractivity contribution in [2.24, 2.45) is 34.0 Å². The van der Waals surface area contributed by atoms with Crippen LogP contribution in [0.25, 0.3) is 0 Å². The van der Waals surface area contributed by atoms with E-state index >= 15 is 0 Å². The highest BCUT2D eigenvalue weighted by Crippen LogP contribution is 2.70. The molecule has 3 saturated carbocycles. The van der Waals surface area contributed by atoms with Crippen molar-refractivity contribution in [3.8, 4) is 0 Å². The Hall–Kier alpha value is -1.80. The van der Waals surface area contributed by atoms with E-state index in [1.54, 1.807) is 13.8 Å². The molecule has 3 aliphatic carbocycles. The molecule has 5 aliphatic rings. The lowest BCUT2D eigenvalue weighted by Crippen LogP contribution is -2.62. The van der Waals surface area contributed by atoms with Crippen LogP contribution in [0.15, 0.2) is 35.6 Å². The number of carbonyl (C=O) groups is 2. The van der Waals surface area contributed by atoms with Gasteiger partial charge in [0.25, 0.3) is 0 Å². The summed E-state index contributed by atoms with van der Waals surface area (Å²) in [5.41, 5.74) is -0.979. The normalized spacial score (nSPS) is 46.5. The van der Waals surface area contributed by atoms with Gasteiger partial charge in [-0.15, -0.1) is 0 Å². The number of hydrogen-bond donors (Lipinski definition) is 3. The summed E-state index contributed by atoms with van der Waals surface area (Å²) in [5, 5.41) is 32.7. The maximum Gasteiger partial charge on any atom is 0.202 e. The van der Waals surface area contributed by atoms with Gasteiger partial charge in [-0.3, -0.25) is 9.59 Å². The zero-order valence-electron chi connectivity index (χ0n) is 22.9. The van der Waals surface area contributed by atoms with Gasteiger partial charge in [-0.05, 0) is 73.2 Å². The summed E-state index contributed by atoms with van der Waals surface area (Å²) in [7, 11) is 0. The van der Waals surface area contributed by atoms with Crippen molar-refractivity contribution < 1.29 is 34.4 Å². The number of carbonyl (C=O) groups excluding carboxylic acids is 2. The van der Waals surface area contributed by atoms with E-state index in [0.717, 1.165) is 12.8 Å². The molecule has 3 N–H and O–H groups in total. The Kier molecular flexibility index (Phi) is 6.04. The lowest BCUT2D eigenvalue weighted by molar-refractivity contribution is -0.209. The Morgan fingerprint density at radius 1 is 1.03 bits per heavy atom. The van der Waals surface area contributed by atoms with Crippen LogP contribution in [0.3, 0.4) is 0 Å². The summed E-state index contributed by atoms with van der Waals surface area (Å²) >= 11 is 0. The minimum atomic E-state index is -1.26. The van der Waals surface area contributed by atoms with Gasteiger partial charge in [-0.2, -0.15) is 0 Å². The standard InChI is InChI=1S/C30H42O7/c1-15(20-13-23(33)28(4,5)37-20)19-9-8-16(26(35)36-19)24-17(31)12-22-29(24,6)11-10-21-27(2,3)25(34)18(32)14-30(21,22)7/h8,13,18-19,21-22,24-26,32,34-35H,1,9-12,14H2,2-7H3/t18-,19+,21+,22+,24-,25+,26-,29-,30+/m1/s1. The second kappa shape index (κ2) is 8.35. The molecule has 2 heterocycles. The fourth-order valence-corrected chi connectivity index (χ4v) is 8.87. The second-order valence-corrected chi connectivity index (χ2v) is 13.7. The zero-order valence-corrected chi connectivity index (χ0v) is 22.9. The van der Waals surface area contributed by atoms with Gasteiger partial charge >= 0.3 is 0 Å². The Balaban J connectivity index is 1.40. The number of aliphatic hydroxyl groups excluding tert-OH is 3. The minimum absolute atomic E-state index is 0.0313. The number of Topliss-reactive ketones (excluding diaryl/α,β-unsaturated/α-hetero) is 1. The lowest BCUT2D eigenvalue weighted by atomic mass is 9.42. The van der Waals surface area contributed by atoms with Gasteiger partial charge in [0.15, 0.2) is 11.9 Å². The summed E-state index contributed by atoms with van der Waals surface area (Å²) in [6.45, 7) is 15.9. The van der Waals surface area contributed by atoms with Crippen LogP contribution >= 0.6 is 0 Å². The first-order valence-corrected chi connectivity index (χ1v) is 13.6. The van der Waals surface area contributed by atoms with Crippen molar-refractivity contribution >= 4 is 11.6 Å². The predicted molar refractivity (Wildman–Crippen MR) is 137 cm³/mol. The summed E-state index contributed by atoms with van der Waals surface area (Å²) in [6.07, 6.45) is 2.85. The minimum Gasteiger partial charge on any atom is -0.479 e. The first kappa shape index (κ1) is 26.8. The molecule has 0 unspecified atom stereocenters. The van der Waals surface area contributed by atoms with E-state index in [0.29, 0.717) is 36.2 Å². The van der Waals surface area contributed by atoms with Crippen LogP contribution < -0.4 is 0 Å². The Morgan fingerprint density at radius 2 is 1.70 bits per heavy atom. The second-order valence-electron chi connectivity index (χ2n) is 13.7. The van der Waals surface area contributed by atoms with Gasteiger partial charge in [0.2, 0.25) is 5.78 Å². The highest BCUT2D eigenvalue weighted by molar-refractivity contribution is 5.99. The number of aliphatic hydroxyl groups is 3. The van der Waals surface area contributed by atoms with E-state index in [9.17, 15) is 24.9 Å². The zero-order chi connectivity index (χ0) is 27.3. The molecule has 204 valence electrons. The molecule has 0 amide bonds. The number of ether oxygens (including phenoxy) is 2. The first-order valence-electron chi connectivity index (χ1n) is 13.6. The summed E-state index contributed by atoms with van der Waals surface area (Å²) in [5.74, 6) is 0.0918. The molecule has 0 aromatic heterocycles. The highest BCUT2D eigenvalue weighted by Gasteiger charge is 2.68. The van der Waals surface area contributed by atoms with Crippen molar-refractivity contribution in [3.05, 3.63) is 35.6 Å². The van der Waals surface area contributed by atoms with Crippen LogP contribution in [0.4, 0.5) is 0 Å². The first-order chi connectivity index (χ1) is 17.0. The van der Waals surface area contributed by atoms with Crippen LogP contribution in [-0.4, -0.2) is 57.1 Å². The average Bonchev–Trinajstić information content (AvgIpc) is 3.23. The van der Waals surface area contributed by atoms with Crippen LogP contribution in [-0.2, 0) is 19.1 Å². The molecule has 0 spiro atoms. The monoisotopic (exact) mass is 514 g/mol. The van der Waals surface area contributed by atoms with E-state index in [1.807, 2.05) is 19.9 Å². The molecule has 7 nitrogen and oxygen atoms in total. The van der Waals surface area contributed by atoms with Gasteiger partial charge in [0.1, 0.15) is 11.5 Å². The molecule has 0 saturated heterocycles. The lowest BCUT2D eigenvalue weighted by Gasteiger charge is -2.63. The molecule has 0 radical (unpaired) electrons. The fourth-order valence-electron chi connectivity index (χ4n) is 8.87. The van der Waals surface area contributed by atoms with Gasteiger partial charge in [-0.1, -0.05) is 40.3 Å². The third-order valence-corrected chi connectivity index (χ3v) is 10.8. The molecule has 0 bridgehead atoms. The molecule has 2 aliphatic heterocycles. The van der Waals surface area contributed by atoms with E-state index in [1.165, 1.54) is 6.08 Å². The maximum atomic E-state index is 13.6. The number of ketones is 2. The summed E-state index contributed by atoms with van der Waals surface area (Å²) < 4.78 is 11.8. The fraction of sp³-hybridized carbons (Fsp3) is 0.733. The molecule has 0 aromatic carbocycles. The van der Waals surface area contributed by atoms with Crippen LogP contribution in [0.2, 0.25) is 0 Å². The van der Waals surface area contributed by atoms with Gasteiger partial charge in [-0.25, -0.2) is 0 Å². The van der Waals surface area contributed by atoms with Crippen LogP contribution in [0, 0.1) is 34.0 Å². The molecule has 0 aromatic rings. The van der Waals surface area contributed by atoms with Crippen molar-refractivity contribution in [1.82, 2.24) is 0 Å². The quantitative estimate of drug-likeness (QED) is 0.493. The Morgan fingerprint density at radius 3 is 2.30 bits per heavy atom. The molecule has 3 fully saturated rings. The maximum absolute atomic E-state index is 13.6. The van der Waals surface area contributed by atoms with Crippen molar-refractivity contribution in [1.29, 1.82) is 0 Å². The van der Waals surface area contributed by atoms with Crippen molar-refractivity contribution in [2.45, 2.75) is 104 Å². The van der Waals surface area contributed by atoms with E-state index < -0.39 is 41.5 Å². The molecule has 9 atom stereocenters. The molecule has 5 rings (SSSR count). The van der Waals surface area contributed by atoms with E-state index in [-0.39, 0.29) is 34.2 Å². The summed E-state index contributed by atoms with van der Waals surface area (Å²) in [6, 6.07) is 0. The number of fused-ring (bicyclic) bond motifs is 3. The average molecular weight is 515 g/mol. The Bertz CT molecular complexity index is 1100. The van der Waals surface area contributed by atoms with E-state index in [2.05, 4.69) is 20.4 Å². The molecular formula is C30H42O7. The van der Waals surface area contributed by atoms with E-state index in [4.69, 9.17) is 9.47 Å². The van der Waals surface area contributed by atoms with Crippen molar-refractivity contribution in [3.63, 3.8) is 0 Å². The number of rotatable bonds is 3. The summed E-state index contributed by atoms with van der Waals surface area (Å²) in [4.78, 5) is 25.8. The number of hydrogen-bond acceptors (Lipinski definition) is 7. The van der Waals surface area contributed by atoms with Gasteiger partial charge in [0.05, 0.1) is 18.3 Å². The van der Waals surface area contributed by atoms with Crippen molar-refractivity contribution in [2.75, 3.05) is 0 Å². The third kappa shape index (κ3) is 3.75. The SMILES string of the molecule is C=C(C1=CC(=O)C(C)(C)O1)[C@@H]1CC=C([C@@H]2C(=O)C[C@H]3[C@@]2(C)CC[C@H]2C(C)(C)[C@@H](O)[C@H](O)C[C@]32C)[C@H](O)O1. The van der Waals surface area contributed by atoms with Gasteiger partial charge < -0.3 is 24.8 Å². The predicted octanol–water partition coefficient (Wildman–Crippen LogP) is 3.62. The molecule has 37 heavy (non-hydrogen) atoms. The third-order valence-electron chi connectivity index (χ3n) is 10.8. The molecule has 7 heteroatoms. The highest BCUT2D eigenvalue weighted by atomic mass is 16.6. The van der Waals surface area contributed by atoms with Crippen LogP contribution in [0.1, 0.15) is 73.6 Å². The Labute approximate surface area is 219 Å². The topological polar surface area (TPSA) is 113 Å². The van der Waals surface area contributed by atoms with Gasteiger partial charge in [0, 0.05) is 24.0 Å². The molecular weight excluding hydrogens is 472 g/mol. The van der Waals surface area contributed by atoms with Crippen LogP contribution in [0.5, 0.6) is 0 Å².